The van der Waals surface area contributed by atoms with Crippen LogP contribution in [-0.4, -0.2) is 42.6 Å². The fourth-order valence-electron chi connectivity index (χ4n) is 1.03. The van der Waals surface area contributed by atoms with Crippen LogP contribution in [0.15, 0.2) is 0 Å². The first-order chi connectivity index (χ1) is 7.35. The van der Waals surface area contributed by atoms with Gasteiger partial charge in [0.1, 0.15) is 0 Å². The van der Waals surface area contributed by atoms with Gasteiger partial charge in [-0.05, 0) is 0 Å². The maximum atomic E-state index is 12.8. The highest BCUT2D eigenvalue weighted by Gasteiger charge is 2.85. The Labute approximate surface area is 95.4 Å². The van der Waals surface area contributed by atoms with E-state index >= 15 is 0 Å². The van der Waals surface area contributed by atoms with E-state index in [1.807, 2.05) is 0 Å². The maximum Gasteiger partial charge on any atom is 0.424 e. The third kappa shape index (κ3) is 1.48. The maximum absolute atomic E-state index is 12.8. The fourth-order valence-corrected chi connectivity index (χ4v) is 7.94. The number of sulfone groups is 2. The zero-order chi connectivity index (χ0) is 13.9. The molecule has 13 heteroatoms. The minimum Gasteiger partial charge on any atom is -0.292 e. The van der Waals surface area contributed by atoms with Crippen LogP contribution in [-0.2, 0) is 34.9 Å². The highest BCUT2D eigenvalue weighted by atomic mass is 32.3. The molecule has 1 saturated heterocycles. The van der Waals surface area contributed by atoms with Gasteiger partial charge in [0.05, 0.1) is 7.11 Å². The van der Waals surface area contributed by atoms with Crippen molar-refractivity contribution in [3.05, 3.63) is 0 Å². The highest BCUT2D eigenvalue weighted by Crippen LogP contribution is 2.54. The Hall–Kier alpha value is -0.270. The van der Waals surface area contributed by atoms with Crippen molar-refractivity contribution in [2.24, 2.45) is 0 Å². The SMILES string of the molecule is COS(=O)C1S(=O)(=O)C(F)(F)C(F)(F)S1(=O)=O. The quantitative estimate of drug-likeness (QED) is 0.643. The Morgan fingerprint density at radius 3 is 1.53 bits per heavy atom. The molecule has 1 aliphatic heterocycles. The van der Waals surface area contributed by atoms with Crippen molar-refractivity contribution < 1.29 is 42.8 Å². The summed E-state index contributed by atoms with van der Waals surface area (Å²) in [5, 5.41) is -11.7. The normalized spacial score (nSPS) is 31.1. The van der Waals surface area contributed by atoms with Gasteiger partial charge in [0, 0.05) is 0 Å². The van der Waals surface area contributed by atoms with Crippen molar-refractivity contribution in [1.82, 2.24) is 0 Å². The van der Waals surface area contributed by atoms with Gasteiger partial charge in [-0.25, -0.2) is 21.0 Å². The number of alkyl halides is 4. The summed E-state index contributed by atoms with van der Waals surface area (Å²) in [6.45, 7) is 0. The Morgan fingerprint density at radius 2 is 1.29 bits per heavy atom. The zero-order valence-electron chi connectivity index (χ0n) is 7.76. The highest BCUT2D eigenvalue weighted by molar-refractivity contribution is 8.24. The van der Waals surface area contributed by atoms with Crippen LogP contribution >= 0.6 is 0 Å². The van der Waals surface area contributed by atoms with Gasteiger partial charge in [-0.3, -0.25) is 4.18 Å². The van der Waals surface area contributed by atoms with Gasteiger partial charge in [0.15, 0.2) is 11.1 Å². The topological polar surface area (TPSA) is 94.6 Å². The van der Waals surface area contributed by atoms with Gasteiger partial charge in [-0.1, -0.05) is 0 Å². The van der Waals surface area contributed by atoms with Gasteiger partial charge in [0.2, 0.25) is 0 Å². The van der Waals surface area contributed by atoms with Gasteiger partial charge >= 0.3 is 10.5 Å². The van der Waals surface area contributed by atoms with E-state index in [1.54, 1.807) is 0 Å². The van der Waals surface area contributed by atoms with Crippen molar-refractivity contribution in [3.8, 4) is 0 Å². The Kier molecular flexibility index (Phi) is 3.14. The third-order valence-electron chi connectivity index (χ3n) is 1.88. The van der Waals surface area contributed by atoms with Gasteiger partial charge in [-0.15, -0.1) is 0 Å². The van der Waals surface area contributed by atoms with Crippen LogP contribution in [0.3, 0.4) is 0 Å². The lowest BCUT2D eigenvalue weighted by Crippen LogP contribution is -2.42. The van der Waals surface area contributed by atoms with Crippen LogP contribution in [0.5, 0.6) is 0 Å². The first-order valence-corrected chi connectivity index (χ1v) is 7.76. The molecular weight excluding hydrogens is 316 g/mol. The molecule has 1 heterocycles. The van der Waals surface area contributed by atoms with E-state index in [1.165, 1.54) is 0 Å². The molecule has 1 unspecified atom stereocenters. The molecule has 0 aliphatic carbocycles. The lowest BCUT2D eigenvalue weighted by atomic mass is 10.7. The lowest BCUT2D eigenvalue weighted by molar-refractivity contribution is -0.0920. The second-order valence-electron chi connectivity index (χ2n) is 2.84. The van der Waals surface area contributed by atoms with E-state index in [0.29, 0.717) is 7.11 Å². The number of rotatable bonds is 2. The summed E-state index contributed by atoms with van der Waals surface area (Å²) in [5.74, 6) is 0. The lowest BCUT2D eigenvalue weighted by Gasteiger charge is -2.13. The molecule has 17 heavy (non-hydrogen) atoms. The Morgan fingerprint density at radius 1 is 1.00 bits per heavy atom. The first kappa shape index (κ1) is 14.8. The molecule has 1 atom stereocenters. The van der Waals surface area contributed by atoms with Gasteiger partial charge < -0.3 is 0 Å². The van der Waals surface area contributed by atoms with Crippen LogP contribution in [0.4, 0.5) is 17.6 Å². The first-order valence-electron chi connectivity index (χ1n) is 3.53. The number of hydrogen-bond donors (Lipinski definition) is 0. The molecule has 1 fully saturated rings. The summed E-state index contributed by atoms with van der Waals surface area (Å²) >= 11 is -3.37. The molecule has 6 nitrogen and oxygen atoms in total. The monoisotopic (exact) mass is 320 g/mol. The number of halogens is 4. The van der Waals surface area contributed by atoms with Crippen molar-refractivity contribution in [1.29, 1.82) is 0 Å². The second kappa shape index (κ2) is 3.61. The van der Waals surface area contributed by atoms with Gasteiger partial charge in [-0.2, -0.15) is 17.6 Å². The smallest absolute Gasteiger partial charge is 0.292 e. The molecular formula is C4H4F4O6S3. The predicted octanol–water partition coefficient (Wildman–Crippen LogP) is -0.391. The molecule has 0 saturated carbocycles. The van der Waals surface area contributed by atoms with Crippen LogP contribution in [0.2, 0.25) is 0 Å². The summed E-state index contributed by atoms with van der Waals surface area (Å²) in [4.78, 5) is 0. The fraction of sp³-hybridized carbons (Fsp3) is 1.00. The average Bonchev–Trinajstić information content (AvgIpc) is 2.21. The van der Waals surface area contributed by atoms with E-state index < -0.39 is 45.2 Å². The zero-order valence-corrected chi connectivity index (χ0v) is 10.2. The molecule has 0 aromatic rings. The van der Waals surface area contributed by atoms with E-state index in [-0.39, 0.29) is 0 Å². The van der Waals surface area contributed by atoms with Crippen molar-refractivity contribution in [2.45, 2.75) is 14.4 Å². The minimum atomic E-state index is -6.19. The largest absolute Gasteiger partial charge is 0.424 e. The molecule has 0 N–H and O–H groups in total. The van der Waals surface area contributed by atoms with Crippen LogP contribution in [0.25, 0.3) is 0 Å². The molecule has 0 aromatic heterocycles. The molecule has 0 aromatic carbocycles. The van der Waals surface area contributed by atoms with Crippen LogP contribution in [0, 0.1) is 0 Å². The van der Waals surface area contributed by atoms with E-state index in [0.717, 1.165) is 0 Å². The number of hydrogen-bond acceptors (Lipinski definition) is 6. The Bertz CT molecular complexity index is 518. The van der Waals surface area contributed by atoms with Crippen molar-refractivity contribution >= 4 is 30.8 Å². The molecule has 0 spiro atoms. The summed E-state index contributed by atoms with van der Waals surface area (Å²) in [6, 6.07) is 0. The third-order valence-corrected chi connectivity index (χ3v) is 9.59. The van der Waals surface area contributed by atoms with Crippen LogP contribution in [0.1, 0.15) is 0 Å². The Balaban J connectivity index is 3.73. The van der Waals surface area contributed by atoms with Gasteiger partial charge in [0.25, 0.3) is 23.6 Å². The average molecular weight is 320 g/mol. The molecule has 1 aliphatic rings. The summed E-state index contributed by atoms with van der Waals surface area (Å²) in [7, 11) is -11.9. The van der Waals surface area contributed by atoms with E-state index in [4.69, 9.17) is 0 Å². The minimum absolute atomic E-state index is 0.524. The summed E-state index contributed by atoms with van der Waals surface area (Å²) < 4.78 is 106. The second-order valence-corrected chi connectivity index (χ2v) is 9.21. The summed E-state index contributed by atoms with van der Waals surface area (Å²) in [6.07, 6.45) is 0. The van der Waals surface area contributed by atoms with Crippen molar-refractivity contribution in [3.63, 3.8) is 0 Å². The standard InChI is InChI=1S/C4H4F4O6S3/c1-14-15(9)2-16(10,11)3(5,6)4(7,8)17(2,12)13/h2H,1H3. The summed E-state index contributed by atoms with van der Waals surface area (Å²) in [5.41, 5.74) is 0. The molecule has 0 amide bonds. The van der Waals surface area contributed by atoms with E-state index in [9.17, 15) is 38.6 Å². The predicted molar refractivity (Wildman–Crippen MR) is 46.7 cm³/mol. The van der Waals surface area contributed by atoms with E-state index in [2.05, 4.69) is 4.18 Å². The molecule has 0 bridgehead atoms. The van der Waals surface area contributed by atoms with Crippen LogP contribution < -0.4 is 0 Å². The van der Waals surface area contributed by atoms with Crippen molar-refractivity contribution in [2.75, 3.05) is 7.11 Å². The molecule has 1 rings (SSSR count). The molecule has 0 radical (unpaired) electrons. The molecule has 102 valence electrons.